The normalized spacial score (nSPS) is 10.4. The van der Waals surface area contributed by atoms with Gasteiger partial charge in [-0.25, -0.2) is 0 Å². The monoisotopic (exact) mass is 208 g/mol. The number of nitrogens with one attached hydrogen (secondary N) is 1. The molecule has 0 heterocycles. The van der Waals surface area contributed by atoms with Gasteiger partial charge in [0.05, 0.1) is 4.92 Å². The molecule has 15 heavy (non-hydrogen) atoms. The Labute approximate surface area is 89.5 Å². The van der Waals surface area contributed by atoms with Gasteiger partial charge in [-0.15, -0.1) is 0 Å². The van der Waals surface area contributed by atoms with Crippen LogP contribution >= 0.6 is 0 Å². The average Bonchev–Trinajstić information content (AvgIpc) is 2.15. The van der Waals surface area contributed by atoms with E-state index in [-0.39, 0.29) is 10.6 Å². The van der Waals surface area contributed by atoms with Crippen molar-refractivity contribution < 1.29 is 4.92 Å². The molecule has 0 bridgehead atoms. The molecule has 4 heteroatoms. The lowest BCUT2D eigenvalue weighted by atomic mass is 10.1. The first-order valence-electron chi connectivity index (χ1n) is 4.99. The summed E-state index contributed by atoms with van der Waals surface area (Å²) in [7, 11) is 0. The first-order valence-corrected chi connectivity index (χ1v) is 4.99. The molecule has 0 aliphatic rings. The van der Waals surface area contributed by atoms with Crippen LogP contribution in [0.2, 0.25) is 0 Å². The van der Waals surface area contributed by atoms with E-state index in [4.69, 9.17) is 0 Å². The minimum Gasteiger partial charge on any atom is -0.379 e. The van der Waals surface area contributed by atoms with Crippen molar-refractivity contribution in [2.75, 3.05) is 11.9 Å². The Morgan fingerprint density at radius 3 is 2.67 bits per heavy atom. The van der Waals surface area contributed by atoms with Crippen LogP contribution in [0.5, 0.6) is 0 Å². The van der Waals surface area contributed by atoms with Gasteiger partial charge in [0.1, 0.15) is 5.69 Å². The predicted molar refractivity (Wildman–Crippen MR) is 61.2 cm³/mol. The molecule has 0 aromatic heterocycles. The zero-order chi connectivity index (χ0) is 11.4. The summed E-state index contributed by atoms with van der Waals surface area (Å²) in [5.41, 5.74) is 1.65. The number of rotatable bonds is 4. The van der Waals surface area contributed by atoms with Gasteiger partial charge in [-0.3, -0.25) is 10.1 Å². The van der Waals surface area contributed by atoms with E-state index in [0.717, 1.165) is 12.1 Å². The molecule has 0 saturated heterocycles. The molecule has 4 nitrogen and oxygen atoms in total. The van der Waals surface area contributed by atoms with Crippen molar-refractivity contribution in [3.05, 3.63) is 33.9 Å². The summed E-state index contributed by atoms with van der Waals surface area (Å²) < 4.78 is 0. The van der Waals surface area contributed by atoms with E-state index < -0.39 is 0 Å². The van der Waals surface area contributed by atoms with E-state index in [1.165, 1.54) is 0 Å². The third-order valence-corrected chi connectivity index (χ3v) is 2.05. The third kappa shape index (κ3) is 3.23. The van der Waals surface area contributed by atoms with Gasteiger partial charge in [-0.2, -0.15) is 0 Å². The van der Waals surface area contributed by atoms with Crippen LogP contribution < -0.4 is 5.32 Å². The minimum absolute atomic E-state index is 0.149. The highest BCUT2D eigenvalue weighted by Gasteiger charge is 2.13. The fraction of sp³-hybridized carbons (Fsp3) is 0.455. The summed E-state index contributed by atoms with van der Waals surface area (Å²) in [6.07, 6.45) is 0. The fourth-order valence-electron chi connectivity index (χ4n) is 1.26. The molecule has 1 rings (SSSR count). The summed E-state index contributed by atoms with van der Waals surface area (Å²) in [5.74, 6) is 0.464. The summed E-state index contributed by atoms with van der Waals surface area (Å²) in [5, 5.41) is 13.9. The van der Waals surface area contributed by atoms with Crippen molar-refractivity contribution in [2.24, 2.45) is 5.92 Å². The number of nitrogens with zero attached hydrogens (tertiary/aromatic N) is 1. The number of hydrogen-bond donors (Lipinski definition) is 1. The second-order valence-corrected chi connectivity index (χ2v) is 4.05. The highest BCUT2D eigenvalue weighted by Crippen LogP contribution is 2.25. The third-order valence-electron chi connectivity index (χ3n) is 2.05. The van der Waals surface area contributed by atoms with E-state index in [1.54, 1.807) is 12.1 Å². The first kappa shape index (κ1) is 11.5. The average molecular weight is 208 g/mol. The lowest BCUT2D eigenvalue weighted by molar-refractivity contribution is -0.384. The highest BCUT2D eigenvalue weighted by molar-refractivity contribution is 5.62. The molecule has 0 fully saturated rings. The zero-order valence-electron chi connectivity index (χ0n) is 9.28. The van der Waals surface area contributed by atoms with Crippen LogP contribution in [0.3, 0.4) is 0 Å². The molecule has 82 valence electrons. The van der Waals surface area contributed by atoms with Crippen molar-refractivity contribution in [3.63, 3.8) is 0 Å². The molecule has 1 N–H and O–H groups in total. The van der Waals surface area contributed by atoms with Gasteiger partial charge in [0.15, 0.2) is 0 Å². The number of benzene rings is 1. The molecule has 0 saturated carbocycles. The maximum Gasteiger partial charge on any atom is 0.292 e. The van der Waals surface area contributed by atoms with Crippen LogP contribution in [0.15, 0.2) is 18.2 Å². The molecule has 0 spiro atoms. The van der Waals surface area contributed by atoms with Crippen LogP contribution in [-0.4, -0.2) is 11.5 Å². The zero-order valence-corrected chi connectivity index (χ0v) is 9.28. The standard InChI is InChI=1S/C11H16N2O2/c1-8(2)7-12-10-5-4-9(3)6-11(10)13(14)15/h4-6,8,12H,7H2,1-3H3. The Bertz CT molecular complexity index is 362. The smallest absolute Gasteiger partial charge is 0.292 e. The first-order chi connectivity index (χ1) is 7.00. The van der Waals surface area contributed by atoms with E-state index >= 15 is 0 Å². The summed E-state index contributed by atoms with van der Waals surface area (Å²) in [6.45, 7) is 6.71. The Morgan fingerprint density at radius 1 is 1.47 bits per heavy atom. The van der Waals surface area contributed by atoms with Gasteiger partial charge < -0.3 is 5.32 Å². The van der Waals surface area contributed by atoms with Gasteiger partial charge in [0.25, 0.3) is 5.69 Å². The molecular formula is C11H16N2O2. The van der Waals surface area contributed by atoms with Crippen LogP contribution in [0.4, 0.5) is 11.4 Å². The molecule has 0 unspecified atom stereocenters. The van der Waals surface area contributed by atoms with Gasteiger partial charge >= 0.3 is 0 Å². The molecular weight excluding hydrogens is 192 g/mol. The summed E-state index contributed by atoms with van der Waals surface area (Å²) in [6, 6.07) is 5.22. The lowest BCUT2D eigenvalue weighted by Gasteiger charge is -2.09. The van der Waals surface area contributed by atoms with Crippen molar-refractivity contribution in [3.8, 4) is 0 Å². The van der Waals surface area contributed by atoms with Crippen LogP contribution in [0, 0.1) is 23.0 Å². The predicted octanol–water partition coefficient (Wildman–Crippen LogP) is 2.97. The highest BCUT2D eigenvalue weighted by atomic mass is 16.6. The van der Waals surface area contributed by atoms with E-state index in [0.29, 0.717) is 11.6 Å². The topological polar surface area (TPSA) is 55.2 Å². The van der Waals surface area contributed by atoms with Crippen molar-refractivity contribution in [1.82, 2.24) is 0 Å². The number of anilines is 1. The Morgan fingerprint density at radius 2 is 2.13 bits per heavy atom. The minimum atomic E-state index is -0.352. The molecule has 0 amide bonds. The largest absolute Gasteiger partial charge is 0.379 e. The molecule has 1 aromatic rings. The summed E-state index contributed by atoms with van der Waals surface area (Å²) >= 11 is 0. The van der Waals surface area contributed by atoms with Crippen molar-refractivity contribution in [1.29, 1.82) is 0 Å². The van der Waals surface area contributed by atoms with Crippen molar-refractivity contribution >= 4 is 11.4 Å². The Balaban J connectivity index is 2.91. The van der Waals surface area contributed by atoms with Gasteiger partial charge in [0, 0.05) is 12.6 Å². The molecule has 0 aliphatic heterocycles. The second kappa shape index (κ2) is 4.77. The number of aryl methyl sites for hydroxylation is 1. The molecule has 0 radical (unpaired) electrons. The molecule has 0 aliphatic carbocycles. The van der Waals surface area contributed by atoms with Crippen molar-refractivity contribution in [2.45, 2.75) is 20.8 Å². The van der Waals surface area contributed by atoms with Crippen LogP contribution in [0.25, 0.3) is 0 Å². The lowest BCUT2D eigenvalue weighted by Crippen LogP contribution is -2.09. The van der Waals surface area contributed by atoms with E-state index in [9.17, 15) is 10.1 Å². The SMILES string of the molecule is Cc1ccc(NCC(C)C)c([N+](=O)[O-])c1. The maximum atomic E-state index is 10.8. The Kier molecular flexibility index (Phi) is 3.66. The second-order valence-electron chi connectivity index (χ2n) is 4.05. The quantitative estimate of drug-likeness (QED) is 0.611. The van der Waals surface area contributed by atoms with E-state index in [2.05, 4.69) is 19.2 Å². The fourth-order valence-corrected chi connectivity index (χ4v) is 1.26. The summed E-state index contributed by atoms with van der Waals surface area (Å²) in [4.78, 5) is 10.4. The van der Waals surface area contributed by atoms with Crippen LogP contribution in [-0.2, 0) is 0 Å². The number of nitro benzene ring substituents is 1. The van der Waals surface area contributed by atoms with Gasteiger partial charge in [-0.05, 0) is 24.5 Å². The van der Waals surface area contributed by atoms with Gasteiger partial charge in [0.2, 0.25) is 0 Å². The molecule has 1 aromatic carbocycles. The van der Waals surface area contributed by atoms with Crippen LogP contribution in [0.1, 0.15) is 19.4 Å². The molecule has 0 atom stereocenters. The maximum absolute atomic E-state index is 10.8. The number of nitro groups is 1. The van der Waals surface area contributed by atoms with Gasteiger partial charge in [-0.1, -0.05) is 19.9 Å². The number of hydrogen-bond acceptors (Lipinski definition) is 3. The van der Waals surface area contributed by atoms with E-state index in [1.807, 2.05) is 13.0 Å². The Hall–Kier alpha value is -1.58.